The van der Waals surface area contributed by atoms with Crippen LogP contribution in [0, 0.1) is 0 Å². The maximum atomic E-state index is 11.2. The third-order valence-corrected chi connectivity index (χ3v) is 1.73. The molecule has 0 atom stereocenters. The fourth-order valence-electron chi connectivity index (χ4n) is 0.698. The first kappa shape index (κ1) is 10.3. The van der Waals surface area contributed by atoms with Crippen LogP contribution < -0.4 is 0 Å². The maximum Gasteiger partial charge on any atom is 0.342 e. The van der Waals surface area contributed by atoms with Gasteiger partial charge in [-0.3, -0.25) is 0 Å². The number of ether oxygens (including phenoxy) is 1. The van der Waals surface area contributed by atoms with Gasteiger partial charge in [0.15, 0.2) is 5.16 Å². The van der Waals surface area contributed by atoms with E-state index in [0.717, 1.165) is 0 Å². The summed E-state index contributed by atoms with van der Waals surface area (Å²) in [5.74, 6) is -0.527. The molecule has 0 aliphatic heterocycles. The molecular formula is C7H7ClN2O2S. The van der Waals surface area contributed by atoms with Gasteiger partial charge in [0, 0.05) is 6.20 Å². The van der Waals surface area contributed by atoms with Gasteiger partial charge in [-0.2, -0.15) is 0 Å². The van der Waals surface area contributed by atoms with E-state index in [0.29, 0.717) is 0 Å². The summed E-state index contributed by atoms with van der Waals surface area (Å²) in [5, 5.41) is 0.275. The van der Waals surface area contributed by atoms with Crippen molar-refractivity contribution in [3.8, 4) is 0 Å². The van der Waals surface area contributed by atoms with Crippen LogP contribution in [-0.4, -0.2) is 22.5 Å². The minimum Gasteiger partial charge on any atom is -0.462 e. The van der Waals surface area contributed by atoms with Crippen LogP contribution in [0.2, 0.25) is 5.15 Å². The second-order valence-electron chi connectivity index (χ2n) is 2.09. The van der Waals surface area contributed by atoms with Crippen molar-refractivity contribution in [2.24, 2.45) is 0 Å². The summed E-state index contributed by atoms with van der Waals surface area (Å²) in [6, 6.07) is 0. The summed E-state index contributed by atoms with van der Waals surface area (Å²) in [6.45, 7) is 2.00. The fourth-order valence-corrected chi connectivity index (χ4v) is 1.12. The van der Waals surface area contributed by atoms with Crippen molar-refractivity contribution in [1.29, 1.82) is 0 Å². The van der Waals surface area contributed by atoms with Crippen LogP contribution in [-0.2, 0) is 4.74 Å². The zero-order valence-corrected chi connectivity index (χ0v) is 8.47. The van der Waals surface area contributed by atoms with Crippen LogP contribution in [0.3, 0.4) is 0 Å². The Balaban J connectivity index is 2.95. The topological polar surface area (TPSA) is 52.1 Å². The Morgan fingerprint density at radius 3 is 3.00 bits per heavy atom. The lowest BCUT2D eigenvalue weighted by Gasteiger charge is -2.02. The van der Waals surface area contributed by atoms with Crippen molar-refractivity contribution in [3.63, 3.8) is 0 Å². The van der Waals surface area contributed by atoms with E-state index in [-0.39, 0.29) is 22.5 Å². The number of nitrogens with zero attached hydrogens (tertiary/aromatic N) is 2. The molecule has 13 heavy (non-hydrogen) atoms. The highest BCUT2D eigenvalue weighted by Crippen LogP contribution is 2.14. The molecule has 1 rings (SSSR count). The lowest BCUT2D eigenvalue weighted by Crippen LogP contribution is -2.07. The molecule has 0 spiro atoms. The molecule has 0 aliphatic rings. The highest BCUT2D eigenvalue weighted by Gasteiger charge is 2.12. The van der Waals surface area contributed by atoms with E-state index < -0.39 is 5.97 Å². The monoisotopic (exact) mass is 218 g/mol. The van der Waals surface area contributed by atoms with Gasteiger partial charge in [-0.15, -0.1) is 12.6 Å². The van der Waals surface area contributed by atoms with Crippen LogP contribution >= 0.6 is 24.2 Å². The van der Waals surface area contributed by atoms with Crippen molar-refractivity contribution in [2.45, 2.75) is 12.1 Å². The number of rotatable bonds is 2. The summed E-state index contributed by atoms with van der Waals surface area (Å²) in [7, 11) is 0. The predicted molar refractivity (Wildman–Crippen MR) is 50.3 cm³/mol. The van der Waals surface area contributed by atoms with Gasteiger partial charge in [-0.1, -0.05) is 11.6 Å². The number of hydrogen-bond donors (Lipinski definition) is 1. The molecule has 6 heteroatoms. The molecule has 0 N–H and O–H groups in total. The minimum atomic E-state index is -0.527. The fraction of sp³-hybridized carbons (Fsp3) is 0.286. The van der Waals surface area contributed by atoms with E-state index in [9.17, 15) is 4.79 Å². The van der Waals surface area contributed by atoms with Gasteiger partial charge in [0.25, 0.3) is 0 Å². The van der Waals surface area contributed by atoms with Gasteiger partial charge in [0.2, 0.25) is 0 Å². The van der Waals surface area contributed by atoms with E-state index >= 15 is 0 Å². The number of thiol groups is 1. The zero-order valence-electron chi connectivity index (χ0n) is 6.82. The van der Waals surface area contributed by atoms with Gasteiger partial charge >= 0.3 is 5.97 Å². The van der Waals surface area contributed by atoms with Gasteiger partial charge in [0.1, 0.15) is 10.7 Å². The lowest BCUT2D eigenvalue weighted by atomic mass is 10.3. The quantitative estimate of drug-likeness (QED) is 0.355. The van der Waals surface area contributed by atoms with Crippen molar-refractivity contribution < 1.29 is 9.53 Å². The summed E-state index contributed by atoms with van der Waals surface area (Å²) in [5.41, 5.74) is 0.154. The lowest BCUT2D eigenvalue weighted by molar-refractivity contribution is 0.0525. The number of halogens is 1. The molecule has 1 aromatic rings. The molecule has 4 nitrogen and oxygen atoms in total. The first-order valence-electron chi connectivity index (χ1n) is 3.53. The molecule has 0 aromatic carbocycles. The highest BCUT2D eigenvalue weighted by atomic mass is 35.5. The second kappa shape index (κ2) is 4.43. The standard InChI is InChI=1S/C7H7ClN2O2S/c1-2-12-6(11)4-3-9-7(13)10-5(4)8/h3H,2H2,1H3,(H,9,10,13). The average molecular weight is 219 g/mol. The van der Waals surface area contributed by atoms with Crippen LogP contribution in [0.15, 0.2) is 11.4 Å². The Morgan fingerprint density at radius 1 is 1.77 bits per heavy atom. The zero-order chi connectivity index (χ0) is 9.84. The molecule has 0 amide bonds. The molecule has 1 heterocycles. The predicted octanol–water partition coefficient (Wildman–Crippen LogP) is 1.60. The normalized spacial score (nSPS) is 9.77. The molecule has 0 unspecified atom stereocenters. The molecule has 1 aromatic heterocycles. The summed E-state index contributed by atoms with van der Waals surface area (Å²) in [6.07, 6.45) is 1.29. The Hall–Kier alpha value is -0.810. The van der Waals surface area contributed by atoms with Gasteiger partial charge in [0.05, 0.1) is 6.61 Å². The van der Waals surface area contributed by atoms with E-state index in [2.05, 4.69) is 22.6 Å². The summed E-state index contributed by atoms with van der Waals surface area (Å²) >= 11 is 9.52. The summed E-state index contributed by atoms with van der Waals surface area (Å²) < 4.78 is 4.72. The van der Waals surface area contributed by atoms with Gasteiger partial charge in [-0.05, 0) is 6.92 Å². The Labute approximate surface area is 85.7 Å². The molecule has 0 saturated heterocycles. The Kier molecular flexibility index (Phi) is 3.50. The van der Waals surface area contributed by atoms with Crippen molar-refractivity contribution in [3.05, 3.63) is 16.9 Å². The Morgan fingerprint density at radius 2 is 2.46 bits per heavy atom. The van der Waals surface area contributed by atoms with E-state index in [1.54, 1.807) is 6.92 Å². The number of carbonyl (C=O) groups is 1. The smallest absolute Gasteiger partial charge is 0.342 e. The van der Waals surface area contributed by atoms with Crippen LogP contribution in [0.1, 0.15) is 17.3 Å². The van der Waals surface area contributed by atoms with Crippen LogP contribution in [0.25, 0.3) is 0 Å². The van der Waals surface area contributed by atoms with Crippen LogP contribution in [0.4, 0.5) is 0 Å². The molecule has 0 bridgehead atoms. The van der Waals surface area contributed by atoms with Crippen molar-refractivity contribution >= 4 is 30.2 Å². The average Bonchev–Trinajstić information content (AvgIpc) is 2.04. The van der Waals surface area contributed by atoms with Crippen molar-refractivity contribution in [1.82, 2.24) is 9.97 Å². The van der Waals surface area contributed by atoms with E-state index in [1.165, 1.54) is 6.20 Å². The van der Waals surface area contributed by atoms with E-state index in [4.69, 9.17) is 16.3 Å². The number of esters is 1. The third-order valence-electron chi connectivity index (χ3n) is 1.22. The molecule has 0 fully saturated rings. The van der Waals surface area contributed by atoms with E-state index in [1.807, 2.05) is 0 Å². The van der Waals surface area contributed by atoms with Crippen LogP contribution in [0.5, 0.6) is 0 Å². The first-order valence-corrected chi connectivity index (χ1v) is 4.36. The number of carbonyl (C=O) groups excluding carboxylic acids is 1. The molecule has 0 radical (unpaired) electrons. The Bertz CT molecular complexity index is 332. The number of hydrogen-bond acceptors (Lipinski definition) is 5. The minimum absolute atomic E-state index is 0.0541. The first-order chi connectivity index (χ1) is 6.15. The molecule has 0 saturated carbocycles. The largest absolute Gasteiger partial charge is 0.462 e. The maximum absolute atomic E-state index is 11.2. The highest BCUT2D eigenvalue weighted by molar-refractivity contribution is 7.80. The third kappa shape index (κ3) is 2.57. The molecule has 70 valence electrons. The van der Waals surface area contributed by atoms with Gasteiger partial charge < -0.3 is 4.74 Å². The van der Waals surface area contributed by atoms with Gasteiger partial charge in [-0.25, -0.2) is 14.8 Å². The molecular weight excluding hydrogens is 212 g/mol. The second-order valence-corrected chi connectivity index (χ2v) is 2.85. The molecule has 0 aliphatic carbocycles. The van der Waals surface area contributed by atoms with Crippen molar-refractivity contribution in [2.75, 3.05) is 6.61 Å². The SMILES string of the molecule is CCOC(=O)c1cnc(S)nc1Cl. The number of aromatic nitrogens is 2. The summed E-state index contributed by atoms with van der Waals surface area (Å²) in [4.78, 5) is 18.6.